The number of carbonyl (C=O) groups is 3. The molecule has 0 bridgehead atoms. The van der Waals surface area contributed by atoms with Crippen LogP contribution in [0.25, 0.3) is 0 Å². The first kappa shape index (κ1) is 57.7. The molecule has 1 unspecified atom stereocenters. The molecule has 12 heteroatoms. The lowest BCUT2D eigenvalue weighted by Crippen LogP contribution is -2.34. The lowest BCUT2D eigenvalue weighted by molar-refractivity contribution is -0.161. The van der Waals surface area contributed by atoms with E-state index in [-0.39, 0.29) is 19.4 Å². The second-order valence-electron chi connectivity index (χ2n) is 16.2. The Morgan fingerprint density at radius 3 is 1.35 bits per heavy atom. The van der Waals surface area contributed by atoms with Crippen LogP contribution in [-0.2, 0) is 37.5 Å². The summed E-state index contributed by atoms with van der Waals surface area (Å²) in [4.78, 5) is 46.1. The fourth-order valence-electron chi connectivity index (χ4n) is 6.60. The average Bonchev–Trinajstić information content (AvgIpc) is 3.22. The summed E-state index contributed by atoms with van der Waals surface area (Å²) in [6.45, 7) is 2.78. The normalized spacial score (nSPS) is 13.9. The van der Waals surface area contributed by atoms with Crippen molar-refractivity contribution in [1.29, 1.82) is 0 Å². The van der Waals surface area contributed by atoms with Crippen LogP contribution in [0, 0.1) is 0 Å². The maximum absolute atomic E-state index is 12.7. The van der Waals surface area contributed by atoms with Gasteiger partial charge in [0, 0.05) is 12.8 Å². The van der Waals surface area contributed by atoms with Gasteiger partial charge in [-0.3, -0.25) is 23.4 Å². The van der Waals surface area contributed by atoms with E-state index in [0.29, 0.717) is 12.8 Å². The molecule has 0 saturated carbocycles. The molecule has 0 radical (unpaired) electrons. The predicted molar refractivity (Wildman–Crippen MR) is 245 cm³/mol. The maximum Gasteiger partial charge on any atom is 0.472 e. The molecule has 350 valence electrons. The zero-order chi connectivity index (χ0) is 44.2. The van der Waals surface area contributed by atoms with Crippen molar-refractivity contribution in [3.8, 4) is 0 Å². The molecule has 0 saturated heterocycles. The number of carboxylic acid groups (broad SMARTS) is 1. The number of ether oxygens (including phenoxy) is 2. The number of allylic oxidation sites excluding steroid dienone is 6. The Morgan fingerprint density at radius 1 is 0.517 bits per heavy atom. The summed E-state index contributed by atoms with van der Waals surface area (Å²) in [6.07, 6.45) is 47.7. The maximum atomic E-state index is 12.7. The quantitative estimate of drug-likeness (QED) is 0.0230. The highest BCUT2D eigenvalue weighted by Gasteiger charge is 2.28. The molecule has 0 heterocycles. The third-order valence-electron chi connectivity index (χ3n) is 10.4. The van der Waals surface area contributed by atoms with Crippen LogP contribution in [-0.4, -0.2) is 59.9 Å². The van der Waals surface area contributed by atoms with Crippen LogP contribution in [0.4, 0.5) is 0 Å². The summed E-state index contributed by atoms with van der Waals surface area (Å²) in [5, 5.41) is 8.91. The Morgan fingerprint density at radius 2 is 0.883 bits per heavy atom. The van der Waals surface area contributed by atoms with Crippen molar-refractivity contribution >= 4 is 25.7 Å². The zero-order valence-electron chi connectivity index (χ0n) is 38.1. The molecule has 4 N–H and O–H groups in total. The molecule has 0 aromatic rings. The van der Waals surface area contributed by atoms with E-state index in [0.717, 1.165) is 57.8 Å². The summed E-state index contributed by atoms with van der Waals surface area (Å²) in [5.41, 5.74) is 5.34. The molecule has 0 amide bonds. The van der Waals surface area contributed by atoms with Gasteiger partial charge in [-0.1, -0.05) is 192 Å². The number of aliphatic carboxylic acids is 1. The van der Waals surface area contributed by atoms with E-state index in [2.05, 4.69) is 54.8 Å². The molecule has 0 aliphatic rings. The molecular weight excluding hydrogens is 781 g/mol. The molecule has 0 rings (SSSR count). The Kier molecular flexibility index (Phi) is 41.7. The minimum atomic E-state index is -4.72. The Balaban J connectivity index is 4.31. The summed E-state index contributed by atoms with van der Waals surface area (Å²) < 4.78 is 32.8. The van der Waals surface area contributed by atoms with Gasteiger partial charge in [0.05, 0.1) is 13.2 Å². The minimum absolute atomic E-state index is 0.160. The summed E-state index contributed by atoms with van der Waals surface area (Å²) in [7, 11) is -4.72. The lowest BCUT2D eigenvalue weighted by Gasteiger charge is -2.20. The Labute approximate surface area is 365 Å². The molecular formula is C48H88NO10P. The van der Waals surface area contributed by atoms with Crippen LogP contribution in [0.3, 0.4) is 0 Å². The van der Waals surface area contributed by atoms with E-state index >= 15 is 0 Å². The fourth-order valence-corrected chi connectivity index (χ4v) is 7.38. The molecule has 3 atom stereocenters. The molecule has 0 aromatic carbocycles. The standard InChI is InChI=1S/C48H88NO10P/c1-3-5-7-9-11-13-15-17-19-21-22-24-26-28-30-32-34-36-38-40-47(51)59-44(42-57-60(54,55)58-43-45(49)48(52)53)41-56-46(50)39-37-35-33-31-29-27-25-23-20-18-16-14-12-10-8-6-4-2/h12,14,18,20,25,27,44-45H,3-11,13,15-17,19,21-24,26,28-43,49H2,1-2H3,(H,52,53)(H,54,55)/b14-12+,20-18+,27-25+/t44-,45+/m1/s1. The number of hydrogen-bond donors (Lipinski definition) is 3. The largest absolute Gasteiger partial charge is 0.480 e. The van der Waals surface area contributed by atoms with Crippen LogP contribution < -0.4 is 5.73 Å². The van der Waals surface area contributed by atoms with Crippen LogP contribution >= 0.6 is 7.82 Å². The highest BCUT2D eigenvalue weighted by Crippen LogP contribution is 2.43. The van der Waals surface area contributed by atoms with E-state index in [4.69, 9.17) is 24.8 Å². The topological polar surface area (TPSA) is 172 Å². The first-order chi connectivity index (χ1) is 29.1. The van der Waals surface area contributed by atoms with Gasteiger partial charge >= 0.3 is 25.7 Å². The number of esters is 2. The van der Waals surface area contributed by atoms with E-state index in [1.165, 1.54) is 122 Å². The van der Waals surface area contributed by atoms with Gasteiger partial charge in [0.15, 0.2) is 6.10 Å². The number of rotatable bonds is 45. The molecule has 0 fully saturated rings. The van der Waals surface area contributed by atoms with E-state index in [1.807, 2.05) is 0 Å². The van der Waals surface area contributed by atoms with Crippen LogP contribution in [0.2, 0.25) is 0 Å². The van der Waals surface area contributed by atoms with Gasteiger partial charge < -0.3 is 25.2 Å². The zero-order valence-corrected chi connectivity index (χ0v) is 38.9. The third-order valence-corrected chi connectivity index (χ3v) is 11.3. The van der Waals surface area contributed by atoms with Gasteiger partial charge in [-0.2, -0.15) is 0 Å². The van der Waals surface area contributed by atoms with Crippen molar-refractivity contribution < 1.29 is 47.5 Å². The van der Waals surface area contributed by atoms with Gasteiger partial charge in [-0.15, -0.1) is 0 Å². The van der Waals surface area contributed by atoms with Gasteiger partial charge in [0.25, 0.3) is 0 Å². The van der Waals surface area contributed by atoms with Gasteiger partial charge in [0.1, 0.15) is 12.6 Å². The summed E-state index contributed by atoms with van der Waals surface area (Å²) in [6, 6.07) is -1.52. The summed E-state index contributed by atoms with van der Waals surface area (Å²) in [5.74, 6) is -2.40. The van der Waals surface area contributed by atoms with Crippen LogP contribution in [0.15, 0.2) is 36.5 Å². The van der Waals surface area contributed by atoms with Gasteiger partial charge in [-0.25, -0.2) is 4.57 Å². The van der Waals surface area contributed by atoms with Gasteiger partial charge in [0.2, 0.25) is 0 Å². The first-order valence-corrected chi connectivity index (χ1v) is 25.5. The molecule has 60 heavy (non-hydrogen) atoms. The predicted octanol–water partition coefficient (Wildman–Crippen LogP) is 13.2. The molecule has 0 aliphatic heterocycles. The second-order valence-corrected chi connectivity index (χ2v) is 17.7. The molecule has 0 aromatic heterocycles. The molecule has 0 spiro atoms. The highest BCUT2D eigenvalue weighted by atomic mass is 31.2. The highest BCUT2D eigenvalue weighted by molar-refractivity contribution is 7.47. The Bertz CT molecular complexity index is 1160. The SMILES string of the molecule is CCCCC/C=C/C/C=C/C/C=C/CCCCCCC(=O)OC[C@H](COP(=O)(O)OC[C@H](N)C(=O)O)OC(=O)CCCCCCCCCCCCCCCCCCCCC. The third kappa shape index (κ3) is 42.4. The van der Waals surface area contributed by atoms with E-state index < -0.39 is 51.1 Å². The fraction of sp³-hybridized carbons (Fsp3) is 0.812. The first-order valence-electron chi connectivity index (χ1n) is 24.0. The van der Waals surface area contributed by atoms with Gasteiger partial charge in [-0.05, 0) is 51.4 Å². The smallest absolute Gasteiger partial charge is 0.472 e. The van der Waals surface area contributed by atoms with E-state index in [9.17, 15) is 23.8 Å². The van der Waals surface area contributed by atoms with E-state index in [1.54, 1.807) is 0 Å². The number of hydrogen-bond acceptors (Lipinski definition) is 9. The Hall–Kier alpha value is -2.30. The van der Waals surface area contributed by atoms with Crippen molar-refractivity contribution in [3.05, 3.63) is 36.5 Å². The number of nitrogens with two attached hydrogens (primary N) is 1. The second kappa shape index (κ2) is 43.4. The lowest BCUT2D eigenvalue weighted by atomic mass is 10.0. The minimum Gasteiger partial charge on any atom is -0.480 e. The number of phosphoric ester groups is 1. The average molecular weight is 870 g/mol. The summed E-state index contributed by atoms with van der Waals surface area (Å²) >= 11 is 0. The number of unbranched alkanes of at least 4 members (excludes halogenated alkanes) is 25. The number of phosphoric acid groups is 1. The molecule has 0 aliphatic carbocycles. The molecule has 11 nitrogen and oxygen atoms in total. The van der Waals surface area contributed by atoms with Crippen molar-refractivity contribution in [2.45, 2.75) is 231 Å². The van der Waals surface area contributed by atoms with Crippen LogP contribution in [0.5, 0.6) is 0 Å². The number of carbonyl (C=O) groups excluding carboxylic acids is 2. The number of carboxylic acids is 1. The van der Waals surface area contributed by atoms with Crippen LogP contribution in [0.1, 0.15) is 219 Å². The monoisotopic (exact) mass is 870 g/mol. The van der Waals surface area contributed by atoms with Crippen molar-refractivity contribution in [3.63, 3.8) is 0 Å². The van der Waals surface area contributed by atoms with Crippen molar-refractivity contribution in [2.75, 3.05) is 19.8 Å². The van der Waals surface area contributed by atoms with Crippen molar-refractivity contribution in [1.82, 2.24) is 0 Å². The van der Waals surface area contributed by atoms with Crippen molar-refractivity contribution in [2.24, 2.45) is 5.73 Å².